The number of hydrogen-bond donors (Lipinski definition) is 1. The van der Waals surface area contributed by atoms with Gasteiger partial charge in [0.2, 0.25) is 4.11 Å². The van der Waals surface area contributed by atoms with Crippen molar-refractivity contribution in [3.8, 4) is 0 Å². The second-order valence-corrected chi connectivity index (χ2v) is 3.21. The molecule has 10 heavy (non-hydrogen) atoms. The lowest BCUT2D eigenvalue weighted by Gasteiger charge is -1.99. The number of esters is 2. The van der Waals surface area contributed by atoms with Crippen LogP contribution in [0.15, 0.2) is 0 Å². The minimum Gasteiger partial charge on any atom is -0.390 e. The molecular formula is C4H4I2O4. The minimum absolute atomic E-state index is 0.104. The molecule has 0 aromatic carbocycles. The Labute approximate surface area is 84.6 Å². The van der Waals surface area contributed by atoms with Gasteiger partial charge in [-0.05, 0) is 22.6 Å². The number of aliphatic hydroxyl groups excluding tert-OH is 1. The Morgan fingerprint density at radius 3 is 2.40 bits per heavy atom. The second kappa shape index (κ2) is 5.24. The fourth-order valence-corrected chi connectivity index (χ4v) is 0.471. The molecule has 1 N–H and O–H groups in total. The van der Waals surface area contributed by atoms with E-state index in [0.717, 1.165) is 0 Å². The number of carbonyl (C=O) groups is 2. The molecular weight excluding hydrogens is 366 g/mol. The summed E-state index contributed by atoms with van der Waals surface area (Å²) in [7, 11) is 0. The van der Waals surface area contributed by atoms with Crippen LogP contribution in [0, 0.1) is 0 Å². The number of alkyl halides is 2. The first-order chi connectivity index (χ1) is 4.57. The van der Waals surface area contributed by atoms with Crippen molar-refractivity contribution in [3.05, 3.63) is 0 Å². The van der Waals surface area contributed by atoms with Gasteiger partial charge in [0.15, 0.2) is 0 Å². The van der Waals surface area contributed by atoms with Gasteiger partial charge in [-0.15, -0.1) is 0 Å². The van der Waals surface area contributed by atoms with Crippen LogP contribution >= 0.6 is 45.2 Å². The van der Waals surface area contributed by atoms with Gasteiger partial charge in [-0.3, -0.25) is 4.79 Å². The van der Waals surface area contributed by atoms with Crippen LogP contribution in [0.25, 0.3) is 0 Å². The average Bonchev–Trinajstić information content (AvgIpc) is 1.87. The van der Waals surface area contributed by atoms with Crippen LogP contribution in [0.2, 0.25) is 0 Å². The van der Waals surface area contributed by atoms with E-state index in [1.807, 2.05) is 0 Å². The molecule has 1 unspecified atom stereocenters. The third-order valence-electron chi connectivity index (χ3n) is 0.518. The number of ether oxygens (including phenoxy) is 1. The summed E-state index contributed by atoms with van der Waals surface area (Å²) in [6, 6.07) is 0. The first kappa shape index (κ1) is 10.6. The summed E-state index contributed by atoms with van der Waals surface area (Å²) in [5.74, 6) is -1.55. The van der Waals surface area contributed by atoms with Crippen LogP contribution in [-0.4, -0.2) is 25.6 Å². The number of hydrogen-bond acceptors (Lipinski definition) is 4. The molecule has 0 aliphatic rings. The zero-order valence-electron chi connectivity index (χ0n) is 4.71. The van der Waals surface area contributed by atoms with Crippen molar-refractivity contribution >= 4 is 57.1 Å². The van der Waals surface area contributed by atoms with E-state index < -0.39 is 16.0 Å². The van der Waals surface area contributed by atoms with Crippen LogP contribution in [0.4, 0.5) is 0 Å². The summed E-state index contributed by atoms with van der Waals surface area (Å²) >= 11 is 3.20. The fraction of sp³-hybridized carbons (Fsp3) is 0.500. The first-order valence-corrected chi connectivity index (χ1v) is 4.97. The lowest BCUT2D eigenvalue weighted by molar-refractivity contribution is -0.160. The summed E-state index contributed by atoms with van der Waals surface area (Å²) in [5.41, 5.74) is 0. The summed E-state index contributed by atoms with van der Waals surface area (Å²) in [6.07, 6.45) is 0. The van der Waals surface area contributed by atoms with Crippen molar-refractivity contribution in [2.24, 2.45) is 0 Å². The van der Waals surface area contributed by atoms with Gasteiger partial charge in [0.25, 0.3) is 0 Å². The molecule has 0 saturated heterocycles. The first-order valence-electron chi connectivity index (χ1n) is 2.20. The van der Waals surface area contributed by atoms with E-state index >= 15 is 0 Å². The van der Waals surface area contributed by atoms with Crippen molar-refractivity contribution < 1.29 is 19.4 Å². The SMILES string of the molecule is O=C(CI)OC(=O)C(O)I. The van der Waals surface area contributed by atoms with E-state index in [1.54, 1.807) is 22.6 Å². The fourth-order valence-electron chi connectivity index (χ4n) is 0.188. The molecule has 0 bridgehead atoms. The zero-order valence-corrected chi connectivity index (χ0v) is 9.03. The zero-order chi connectivity index (χ0) is 8.15. The Balaban J connectivity index is 3.69. The Kier molecular flexibility index (Phi) is 5.54. The summed E-state index contributed by atoms with van der Waals surface area (Å²) in [4.78, 5) is 20.8. The molecule has 0 amide bonds. The van der Waals surface area contributed by atoms with E-state index in [4.69, 9.17) is 5.11 Å². The highest BCUT2D eigenvalue weighted by Gasteiger charge is 2.15. The maximum atomic E-state index is 10.4. The predicted octanol–water partition coefficient (Wildman–Crippen LogP) is 0.245. The van der Waals surface area contributed by atoms with Crippen molar-refractivity contribution in [1.82, 2.24) is 0 Å². The third-order valence-corrected chi connectivity index (χ3v) is 1.65. The Morgan fingerprint density at radius 2 is 2.10 bits per heavy atom. The molecule has 4 nitrogen and oxygen atoms in total. The van der Waals surface area contributed by atoms with E-state index in [1.165, 1.54) is 22.6 Å². The van der Waals surface area contributed by atoms with Crippen LogP contribution in [0.5, 0.6) is 0 Å². The van der Waals surface area contributed by atoms with E-state index in [9.17, 15) is 9.59 Å². The molecule has 6 heteroatoms. The van der Waals surface area contributed by atoms with Gasteiger partial charge < -0.3 is 9.84 Å². The molecule has 1 atom stereocenters. The Bertz CT molecular complexity index is 144. The molecule has 0 rings (SSSR count). The van der Waals surface area contributed by atoms with Crippen LogP contribution < -0.4 is 0 Å². The number of aliphatic hydroxyl groups is 1. The van der Waals surface area contributed by atoms with Crippen molar-refractivity contribution in [1.29, 1.82) is 0 Å². The number of halogens is 2. The van der Waals surface area contributed by atoms with Crippen LogP contribution in [0.3, 0.4) is 0 Å². The highest BCUT2D eigenvalue weighted by Crippen LogP contribution is 1.98. The summed E-state index contributed by atoms with van der Waals surface area (Å²) in [6.45, 7) is 0. The Morgan fingerprint density at radius 1 is 1.60 bits per heavy atom. The standard InChI is InChI=1S/C4H4I2O4/c5-1-2(7)10-4(9)3(6)8/h3,8H,1H2. The molecule has 0 heterocycles. The van der Waals surface area contributed by atoms with Gasteiger partial charge in [0.05, 0.1) is 4.43 Å². The maximum absolute atomic E-state index is 10.4. The molecule has 0 aliphatic heterocycles. The van der Waals surface area contributed by atoms with Crippen molar-refractivity contribution in [3.63, 3.8) is 0 Å². The number of carbonyl (C=O) groups excluding carboxylic acids is 2. The van der Waals surface area contributed by atoms with Gasteiger partial charge in [0, 0.05) is 0 Å². The lowest BCUT2D eigenvalue weighted by Crippen LogP contribution is -2.21. The smallest absolute Gasteiger partial charge is 0.352 e. The van der Waals surface area contributed by atoms with Gasteiger partial charge >= 0.3 is 11.9 Å². The predicted molar refractivity (Wildman–Crippen MR) is 50.0 cm³/mol. The van der Waals surface area contributed by atoms with Crippen LogP contribution in [0.1, 0.15) is 0 Å². The largest absolute Gasteiger partial charge is 0.390 e. The normalized spacial score (nSPS) is 12.3. The van der Waals surface area contributed by atoms with Gasteiger partial charge in [-0.25, -0.2) is 4.79 Å². The topological polar surface area (TPSA) is 63.6 Å². The molecule has 0 radical (unpaired) electrons. The van der Waals surface area contributed by atoms with Crippen LogP contribution in [-0.2, 0) is 14.3 Å². The highest BCUT2D eigenvalue weighted by molar-refractivity contribution is 14.1. The van der Waals surface area contributed by atoms with Crippen molar-refractivity contribution in [2.45, 2.75) is 4.11 Å². The molecule has 0 spiro atoms. The molecule has 58 valence electrons. The summed E-state index contributed by atoms with van der Waals surface area (Å²) in [5, 5.41) is 8.52. The average molecular weight is 370 g/mol. The third kappa shape index (κ3) is 4.39. The minimum atomic E-state index is -1.26. The van der Waals surface area contributed by atoms with Crippen molar-refractivity contribution in [2.75, 3.05) is 4.43 Å². The second-order valence-electron chi connectivity index (χ2n) is 1.26. The maximum Gasteiger partial charge on any atom is 0.352 e. The highest BCUT2D eigenvalue weighted by atomic mass is 127. The van der Waals surface area contributed by atoms with E-state index in [0.29, 0.717) is 0 Å². The van der Waals surface area contributed by atoms with Gasteiger partial charge in [-0.2, -0.15) is 0 Å². The monoisotopic (exact) mass is 370 g/mol. The number of rotatable bonds is 2. The Hall–Kier alpha value is 0.560. The quantitative estimate of drug-likeness (QED) is 0.328. The molecule has 0 aromatic rings. The molecule has 0 aliphatic carbocycles. The molecule has 0 aromatic heterocycles. The van der Waals surface area contributed by atoms with Gasteiger partial charge in [0.1, 0.15) is 0 Å². The van der Waals surface area contributed by atoms with E-state index in [-0.39, 0.29) is 4.43 Å². The lowest BCUT2D eigenvalue weighted by atomic mass is 10.7. The summed E-state index contributed by atoms with van der Waals surface area (Å²) < 4.78 is 2.96. The molecule has 0 fully saturated rings. The van der Waals surface area contributed by atoms with E-state index in [2.05, 4.69) is 4.74 Å². The van der Waals surface area contributed by atoms with Gasteiger partial charge in [-0.1, -0.05) is 22.6 Å². The molecule has 0 saturated carbocycles.